The molecule has 0 unspecified atom stereocenters. The van der Waals surface area contributed by atoms with Crippen molar-refractivity contribution in [3.63, 3.8) is 0 Å². The topological polar surface area (TPSA) is 95.9 Å². The molecule has 25 heavy (non-hydrogen) atoms. The van der Waals surface area contributed by atoms with Crippen molar-refractivity contribution in [1.82, 2.24) is 5.32 Å². The quantitative estimate of drug-likeness (QED) is 0.469. The highest BCUT2D eigenvalue weighted by Crippen LogP contribution is 2.39. The molecule has 0 spiro atoms. The molecular formula is C16H22Cl2NO5P. The van der Waals surface area contributed by atoms with E-state index in [2.05, 4.69) is 11.9 Å². The Bertz CT molecular complexity index is 673. The first-order chi connectivity index (χ1) is 11.3. The van der Waals surface area contributed by atoms with Crippen molar-refractivity contribution < 1.29 is 23.9 Å². The first-order valence-electron chi connectivity index (χ1n) is 7.43. The van der Waals surface area contributed by atoms with Crippen LogP contribution in [0.3, 0.4) is 0 Å². The minimum atomic E-state index is -4.30. The Morgan fingerprint density at radius 2 is 1.88 bits per heavy atom. The number of ether oxygens (including phenoxy) is 1. The molecular weight excluding hydrogens is 388 g/mol. The Balaban J connectivity index is 3.05. The summed E-state index contributed by atoms with van der Waals surface area (Å²) < 4.78 is 16.7. The molecule has 0 bridgehead atoms. The van der Waals surface area contributed by atoms with Gasteiger partial charge in [-0.25, -0.2) is 0 Å². The lowest BCUT2D eigenvalue weighted by atomic mass is 9.87. The van der Waals surface area contributed by atoms with Crippen LogP contribution in [0.4, 0.5) is 0 Å². The second-order valence-electron chi connectivity index (χ2n) is 6.61. The van der Waals surface area contributed by atoms with Gasteiger partial charge in [-0.1, -0.05) is 56.6 Å². The number of nitrogens with one attached hydrogen (secondary N) is 1. The Morgan fingerprint density at radius 3 is 2.28 bits per heavy atom. The highest BCUT2D eigenvalue weighted by Gasteiger charge is 2.32. The Labute approximate surface area is 157 Å². The van der Waals surface area contributed by atoms with E-state index >= 15 is 0 Å². The fraction of sp³-hybridized carbons (Fsp3) is 0.438. The average Bonchev–Trinajstić information content (AvgIpc) is 2.43. The van der Waals surface area contributed by atoms with Crippen molar-refractivity contribution >= 4 is 36.7 Å². The van der Waals surface area contributed by atoms with Gasteiger partial charge >= 0.3 is 7.60 Å². The van der Waals surface area contributed by atoms with Crippen LogP contribution in [-0.4, -0.2) is 34.5 Å². The molecule has 1 atom stereocenters. The molecule has 1 rings (SSSR count). The molecule has 0 aliphatic rings. The predicted octanol–water partition coefficient (Wildman–Crippen LogP) is 3.88. The third-order valence-corrected chi connectivity index (χ3v) is 4.78. The van der Waals surface area contributed by atoms with Crippen LogP contribution in [0.5, 0.6) is 5.75 Å². The van der Waals surface area contributed by atoms with Crippen molar-refractivity contribution in [3.05, 3.63) is 40.4 Å². The number of halogens is 2. The van der Waals surface area contributed by atoms with Crippen molar-refractivity contribution in [1.29, 1.82) is 0 Å². The van der Waals surface area contributed by atoms with Crippen LogP contribution in [0, 0.1) is 5.41 Å². The van der Waals surface area contributed by atoms with E-state index < -0.39 is 31.1 Å². The number of amides is 1. The summed E-state index contributed by atoms with van der Waals surface area (Å²) in [6.45, 7) is 9.07. The second-order valence-corrected chi connectivity index (χ2v) is 9.12. The van der Waals surface area contributed by atoms with Crippen LogP contribution < -0.4 is 10.1 Å². The van der Waals surface area contributed by atoms with Gasteiger partial charge in [-0.3, -0.25) is 9.36 Å². The summed E-state index contributed by atoms with van der Waals surface area (Å²) >= 11 is 12.2. The predicted molar refractivity (Wildman–Crippen MR) is 99.8 cm³/mol. The zero-order valence-electron chi connectivity index (χ0n) is 14.3. The van der Waals surface area contributed by atoms with E-state index in [-0.39, 0.29) is 28.0 Å². The first kappa shape index (κ1) is 22.0. The maximum absolute atomic E-state index is 12.5. The monoisotopic (exact) mass is 409 g/mol. The lowest BCUT2D eigenvalue weighted by Gasteiger charge is -2.31. The molecule has 9 heteroatoms. The third-order valence-electron chi connectivity index (χ3n) is 3.38. The molecule has 1 aromatic rings. The van der Waals surface area contributed by atoms with E-state index in [1.54, 1.807) is 20.8 Å². The summed E-state index contributed by atoms with van der Waals surface area (Å²) in [6, 6.07) is 2.03. The molecule has 0 saturated heterocycles. The first-order valence-corrected chi connectivity index (χ1v) is 9.98. The van der Waals surface area contributed by atoms with E-state index in [1.807, 2.05) is 0 Å². The van der Waals surface area contributed by atoms with Crippen molar-refractivity contribution in [3.8, 4) is 5.75 Å². The van der Waals surface area contributed by atoms with Crippen LogP contribution >= 0.6 is 30.8 Å². The van der Waals surface area contributed by atoms with Gasteiger partial charge in [0.15, 0.2) is 5.75 Å². The maximum Gasteiger partial charge on any atom is 0.327 e. The van der Waals surface area contributed by atoms with E-state index in [9.17, 15) is 19.1 Å². The van der Waals surface area contributed by atoms with Crippen LogP contribution in [0.1, 0.15) is 31.1 Å². The smallest absolute Gasteiger partial charge is 0.327 e. The summed E-state index contributed by atoms with van der Waals surface area (Å²) in [7, 11) is -4.30. The standard InChI is InChI=1S/C16H22Cl2NO5P/c1-5-6-24-14-11(17)7-10(8-12(14)18)15(20)19-13(16(2,3)4)9-25(21,22)23/h5,7-8,13H,1,6,9H2,2-4H3,(H,19,20)(H2,21,22,23)/t13-/m1/s1. The zero-order valence-corrected chi connectivity index (χ0v) is 16.7. The van der Waals surface area contributed by atoms with Crippen LogP contribution in [0.2, 0.25) is 10.0 Å². The normalized spacial score (nSPS) is 13.2. The number of carbonyl (C=O) groups is 1. The number of benzene rings is 1. The fourth-order valence-corrected chi connectivity index (χ4v) is 3.70. The van der Waals surface area contributed by atoms with Gasteiger partial charge in [0.25, 0.3) is 5.91 Å². The zero-order chi connectivity index (χ0) is 19.4. The average molecular weight is 410 g/mol. The lowest BCUT2D eigenvalue weighted by Crippen LogP contribution is -2.46. The van der Waals surface area contributed by atoms with E-state index in [0.717, 1.165) is 0 Å². The molecule has 0 heterocycles. The Hall–Kier alpha value is -1.04. The van der Waals surface area contributed by atoms with E-state index in [1.165, 1.54) is 18.2 Å². The van der Waals surface area contributed by atoms with Crippen LogP contribution in [0.15, 0.2) is 24.8 Å². The molecule has 0 saturated carbocycles. The number of carbonyl (C=O) groups excluding carboxylic acids is 1. The molecule has 6 nitrogen and oxygen atoms in total. The molecule has 0 aliphatic carbocycles. The summed E-state index contributed by atoms with van der Waals surface area (Å²) in [5.41, 5.74) is -0.391. The van der Waals surface area contributed by atoms with Crippen LogP contribution in [0.25, 0.3) is 0 Å². The van der Waals surface area contributed by atoms with Crippen molar-refractivity contribution in [2.24, 2.45) is 5.41 Å². The van der Waals surface area contributed by atoms with Gasteiger partial charge in [-0.05, 0) is 17.5 Å². The number of rotatable bonds is 7. The van der Waals surface area contributed by atoms with Gasteiger partial charge in [0, 0.05) is 11.6 Å². The minimum absolute atomic E-state index is 0.154. The number of hydrogen-bond donors (Lipinski definition) is 3. The second kappa shape index (κ2) is 8.56. The largest absolute Gasteiger partial charge is 0.486 e. The highest BCUT2D eigenvalue weighted by atomic mass is 35.5. The highest BCUT2D eigenvalue weighted by molar-refractivity contribution is 7.51. The molecule has 0 fully saturated rings. The summed E-state index contributed by atoms with van der Waals surface area (Å²) in [5.74, 6) is -0.296. The molecule has 1 amide bonds. The van der Waals surface area contributed by atoms with E-state index in [0.29, 0.717) is 0 Å². The molecule has 0 radical (unpaired) electrons. The van der Waals surface area contributed by atoms with Crippen molar-refractivity contribution in [2.75, 3.05) is 12.8 Å². The number of hydrogen-bond acceptors (Lipinski definition) is 3. The fourth-order valence-electron chi connectivity index (χ4n) is 1.99. The summed E-state index contributed by atoms with van der Waals surface area (Å²) in [4.78, 5) is 30.9. The Kier molecular flexibility index (Phi) is 7.54. The van der Waals surface area contributed by atoms with Gasteiger partial charge in [0.1, 0.15) is 6.61 Å². The van der Waals surface area contributed by atoms with Gasteiger partial charge in [-0.2, -0.15) is 0 Å². The van der Waals surface area contributed by atoms with E-state index in [4.69, 9.17) is 27.9 Å². The van der Waals surface area contributed by atoms with Gasteiger partial charge in [-0.15, -0.1) is 0 Å². The van der Waals surface area contributed by atoms with Gasteiger partial charge < -0.3 is 19.8 Å². The van der Waals surface area contributed by atoms with Crippen LogP contribution in [-0.2, 0) is 4.57 Å². The maximum atomic E-state index is 12.5. The summed E-state index contributed by atoms with van der Waals surface area (Å²) in [5, 5.41) is 2.95. The molecule has 0 aromatic heterocycles. The molecule has 140 valence electrons. The van der Waals surface area contributed by atoms with Crippen molar-refractivity contribution in [2.45, 2.75) is 26.8 Å². The summed E-state index contributed by atoms with van der Waals surface area (Å²) in [6.07, 6.45) is 1.06. The Morgan fingerprint density at radius 1 is 1.36 bits per heavy atom. The lowest BCUT2D eigenvalue weighted by molar-refractivity contribution is 0.0909. The van der Waals surface area contributed by atoms with Gasteiger partial charge in [0.2, 0.25) is 0 Å². The molecule has 3 N–H and O–H groups in total. The van der Waals surface area contributed by atoms with Gasteiger partial charge in [0.05, 0.1) is 16.2 Å². The third kappa shape index (κ3) is 7.00. The minimum Gasteiger partial charge on any atom is -0.486 e. The molecule has 0 aliphatic heterocycles. The SMILES string of the molecule is C=CCOc1c(Cl)cc(C(=O)N[C@H](CP(=O)(O)O)C(C)(C)C)cc1Cl. The molecule has 1 aromatic carbocycles.